The van der Waals surface area contributed by atoms with E-state index in [1.54, 1.807) is 0 Å². The van der Waals surface area contributed by atoms with Gasteiger partial charge < -0.3 is 10.2 Å². The van der Waals surface area contributed by atoms with Gasteiger partial charge in [-0.05, 0) is 33.0 Å². The van der Waals surface area contributed by atoms with Gasteiger partial charge in [-0.25, -0.2) is 8.78 Å². The molecule has 0 aliphatic carbocycles. The van der Waals surface area contributed by atoms with Crippen LogP contribution in [0.1, 0.15) is 12.8 Å². The number of nitrogens with one attached hydrogen (secondary N) is 1. The van der Waals surface area contributed by atoms with E-state index in [-0.39, 0.29) is 6.54 Å². The van der Waals surface area contributed by atoms with Crippen LogP contribution in [0.2, 0.25) is 0 Å². The summed E-state index contributed by atoms with van der Waals surface area (Å²) in [6.07, 6.45) is -0.239. The molecule has 1 rings (SSSR count). The summed E-state index contributed by atoms with van der Waals surface area (Å²) in [6.45, 7) is 1.87. The highest BCUT2D eigenvalue weighted by Gasteiger charge is 2.16. The van der Waals surface area contributed by atoms with E-state index in [0.717, 1.165) is 25.9 Å². The zero-order valence-electron chi connectivity index (χ0n) is 7.39. The largest absolute Gasteiger partial charge is 0.309 e. The van der Waals surface area contributed by atoms with Gasteiger partial charge in [-0.15, -0.1) is 0 Å². The summed E-state index contributed by atoms with van der Waals surface area (Å²) in [7, 11) is 2.06. The molecule has 1 saturated heterocycles. The van der Waals surface area contributed by atoms with Gasteiger partial charge in [-0.1, -0.05) is 0 Å². The molecule has 1 heterocycles. The summed E-state index contributed by atoms with van der Waals surface area (Å²) in [5.41, 5.74) is 0. The van der Waals surface area contributed by atoms with Gasteiger partial charge >= 0.3 is 0 Å². The minimum atomic E-state index is -2.22. The van der Waals surface area contributed by atoms with Gasteiger partial charge in [0.05, 0.1) is 6.54 Å². The standard InChI is InChI=1S/C8H16F2N2/c1-12-4-2-7(3-5-12)11-6-8(9)10/h7-8,11H,2-6H2,1H3. The van der Waals surface area contributed by atoms with Crippen LogP contribution in [0.3, 0.4) is 0 Å². The molecule has 1 aliphatic rings. The van der Waals surface area contributed by atoms with E-state index < -0.39 is 6.43 Å². The van der Waals surface area contributed by atoms with Gasteiger partial charge in [0.25, 0.3) is 6.43 Å². The maximum Gasteiger partial charge on any atom is 0.250 e. The van der Waals surface area contributed by atoms with Gasteiger partial charge in [-0.2, -0.15) is 0 Å². The maximum atomic E-state index is 11.8. The van der Waals surface area contributed by atoms with E-state index in [9.17, 15) is 8.78 Å². The Morgan fingerprint density at radius 1 is 1.42 bits per heavy atom. The van der Waals surface area contributed by atoms with E-state index in [2.05, 4.69) is 17.3 Å². The fraction of sp³-hybridized carbons (Fsp3) is 1.00. The predicted molar refractivity (Wildman–Crippen MR) is 44.5 cm³/mol. The highest BCUT2D eigenvalue weighted by molar-refractivity contribution is 4.75. The summed E-state index contributed by atoms with van der Waals surface area (Å²) in [6, 6.07) is 0.301. The van der Waals surface area contributed by atoms with Crippen molar-refractivity contribution in [3.63, 3.8) is 0 Å². The van der Waals surface area contributed by atoms with Crippen LogP contribution < -0.4 is 5.32 Å². The average Bonchev–Trinajstić information content (AvgIpc) is 2.03. The minimum Gasteiger partial charge on any atom is -0.309 e. The first-order chi connectivity index (χ1) is 5.68. The molecule has 0 aromatic heterocycles. The van der Waals surface area contributed by atoms with Crippen LogP contribution in [-0.2, 0) is 0 Å². The number of piperidine rings is 1. The summed E-state index contributed by atoms with van der Waals surface area (Å²) in [5, 5.41) is 2.86. The van der Waals surface area contributed by atoms with E-state index >= 15 is 0 Å². The number of halogens is 2. The number of hydrogen-bond donors (Lipinski definition) is 1. The van der Waals surface area contributed by atoms with Crippen LogP contribution in [0.4, 0.5) is 8.78 Å². The first-order valence-electron chi connectivity index (χ1n) is 4.38. The van der Waals surface area contributed by atoms with E-state index in [1.807, 2.05) is 0 Å². The van der Waals surface area contributed by atoms with E-state index in [4.69, 9.17) is 0 Å². The molecule has 0 aromatic rings. The van der Waals surface area contributed by atoms with Gasteiger partial charge in [0.2, 0.25) is 0 Å². The fourth-order valence-electron chi connectivity index (χ4n) is 1.47. The highest BCUT2D eigenvalue weighted by Crippen LogP contribution is 2.08. The van der Waals surface area contributed by atoms with Crippen molar-refractivity contribution in [3.8, 4) is 0 Å². The molecular formula is C8H16F2N2. The van der Waals surface area contributed by atoms with Crippen molar-refractivity contribution in [1.82, 2.24) is 10.2 Å². The number of hydrogen-bond acceptors (Lipinski definition) is 2. The Kier molecular flexibility index (Phi) is 3.88. The van der Waals surface area contributed by atoms with Crippen molar-refractivity contribution >= 4 is 0 Å². The Morgan fingerprint density at radius 3 is 2.50 bits per heavy atom. The lowest BCUT2D eigenvalue weighted by Crippen LogP contribution is -2.42. The van der Waals surface area contributed by atoms with Gasteiger partial charge in [0.15, 0.2) is 0 Å². The van der Waals surface area contributed by atoms with Crippen molar-refractivity contribution < 1.29 is 8.78 Å². The van der Waals surface area contributed by atoms with Crippen LogP contribution in [-0.4, -0.2) is 44.0 Å². The molecule has 1 aliphatic heterocycles. The number of nitrogens with zero attached hydrogens (tertiary/aromatic N) is 1. The van der Waals surface area contributed by atoms with Gasteiger partial charge in [-0.3, -0.25) is 0 Å². The fourth-order valence-corrected chi connectivity index (χ4v) is 1.47. The lowest BCUT2D eigenvalue weighted by molar-refractivity contribution is 0.133. The Labute approximate surface area is 71.9 Å². The zero-order chi connectivity index (χ0) is 8.97. The third kappa shape index (κ3) is 3.45. The molecule has 0 unspecified atom stereocenters. The van der Waals surface area contributed by atoms with E-state index in [1.165, 1.54) is 0 Å². The van der Waals surface area contributed by atoms with Gasteiger partial charge in [0, 0.05) is 6.04 Å². The van der Waals surface area contributed by atoms with Crippen LogP contribution in [0.25, 0.3) is 0 Å². The molecule has 2 nitrogen and oxygen atoms in total. The molecule has 0 amide bonds. The molecule has 72 valence electrons. The third-order valence-corrected chi connectivity index (χ3v) is 2.28. The second-order valence-electron chi connectivity index (χ2n) is 3.38. The zero-order valence-corrected chi connectivity index (χ0v) is 7.39. The van der Waals surface area contributed by atoms with Crippen molar-refractivity contribution in [2.24, 2.45) is 0 Å². The van der Waals surface area contributed by atoms with Crippen molar-refractivity contribution in [2.75, 3.05) is 26.7 Å². The molecule has 1 N–H and O–H groups in total. The normalized spacial score (nSPS) is 22.0. The molecule has 12 heavy (non-hydrogen) atoms. The van der Waals surface area contributed by atoms with Crippen LogP contribution in [0, 0.1) is 0 Å². The van der Waals surface area contributed by atoms with Crippen molar-refractivity contribution in [1.29, 1.82) is 0 Å². The molecule has 0 radical (unpaired) electrons. The molecule has 0 atom stereocenters. The molecule has 0 saturated carbocycles. The molecule has 0 aromatic carbocycles. The van der Waals surface area contributed by atoms with Crippen molar-refractivity contribution in [3.05, 3.63) is 0 Å². The monoisotopic (exact) mass is 178 g/mol. The van der Waals surface area contributed by atoms with E-state index in [0.29, 0.717) is 6.04 Å². The quantitative estimate of drug-likeness (QED) is 0.691. The van der Waals surface area contributed by atoms with Crippen LogP contribution in [0.15, 0.2) is 0 Å². The molecular weight excluding hydrogens is 162 g/mol. The molecule has 0 spiro atoms. The Balaban J connectivity index is 2.09. The highest BCUT2D eigenvalue weighted by atomic mass is 19.3. The minimum absolute atomic E-state index is 0.158. The number of alkyl halides is 2. The van der Waals surface area contributed by atoms with Crippen LogP contribution in [0.5, 0.6) is 0 Å². The first-order valence-corrected chi connectivity index (χ1v) is 4.38. The number of rotatable bonds is 3. The maximum absolute atomic E-state index is 11.8. The lowest BCUT2D eigenvalue weighted by atomic mass is 10.1. The summed E-state index contributed by atoms with van der Waals surface area (Å²) in [5.74, 6) is 0. The topological polar surface area (TPSA) is 15.3 Å². The second kappa shape index (κ2) is 4.72. The SMILES string of the molecule is CN1CCC(NCC(F)F)CC1. The third-order valence-electron chi connectivity index (χ3n) is 2.28. The summed E-state index contributed by atoms with van der Waals surface area (Å²) < 4.78 is 23.6. The summed E-state index contributed by atoms with van der Waals surface area (Å²) >= 11 is 0. The lowest BCUT2D eigenvalue weighted by Gasteiger charge is -2.29. The van der Waals surface area contributed by atoms with Gasteiger partial charge in [0.1, 0.15) is 0 Å². The molecule has 1 fully saturated rings. The van der Waals surface area contributed by atoms with Crippen molar-refractivity contribution in [2.45, 2.75) is 25.3 Å². The second-order valence-corrected chi connectivity index (χ2v) is 3.38. The molecule has 0 bridgehead atoms. The Hall–Kier alpha value is -0.220. The summed E-state index contributed by atoms with van der Waals surface area (Å²) in [4.78, 5) is 2.22. The van der Waals surface area contributed by atoms with Crippen LogP contribution >= 0.6 is 0 Å². The predicted octanol–water partition coefficient (Wildman–Crippen LogP) is 0.935. The molecule has 4 heteroatoms. The number of likely N-dealkylation sites (tertiary alicyclic amines) is 1. The first kappa shape index (κ1) is 9.86. The smallest absolute Gasteiger partial charge is 0.250 e. The Morgan fingerprint density at radius 2 is 2.00 bits per heavy atom. The average molecular weight is 178 g/mol. The Bertz CT molecular complexity index is 122.